The van der Waals surface area contributed by atoms with Crippen LogP contribution < -0.4 is 10.6 Å². The van der Waals surface area contributed by atoms with Crippen LogP contribution in [0.4, 0.5) is 14.6 Å². The van der Waals surface area contributed by atoms with Crippen LogP contribution in [0.15, 0.2) is 36.5 Å². The van der Waals surface area contributed by atoms with Crippen molar-refractivity contribution in [1.29, 1.82) is 0 Å². The van der Waals surface area contributed by atoms with E-state index in [2.05, 4.69) is 15.6 Å². The van der Waals surface area contributed by atoms with E-state index in [0.29, 0.717) is 10.8 Å². The zero-order chi connectivity index (χ0) is 15.2. The Bertz CT molecular complexity index is 632. The van der Waals surface area contributed by atoms with Gasteiger partial charge in [0.2, 0.25) is 0 Å². The number of halogens is 3. The smallest absolute Gasteiger partial charge is 0.171 e. The molecule has 0 saturated heterocycles. The first-order chi connectivity index (χ1) is 10.1. The van der Waals surface area contributed by atoms with E-state index in [1.165, 1.54) is 18.2 Å². The SMILES string of the molecule is Fc1cccc(F)c1CCNC(=S)Nc1ncccc1Cl. The highest BCUT2D eigenvalue weighted by Crippen LogP contribution is 2.17. The van der Waals surface area contributed by atoms with Crippen LogP contribution in [0.3, 0.4) is 0 Å². The largest absolute Gasteiger partial charge is 0.362 e. The van der Waals surface area contributed by atoms with Crippen molar-refractivity contribution in [2.24, 2.45) is 0 Å². The van der Waals surface area contributed by atoms with Gasteiger partial charge in [0.15, 0.2) is 10.9 Å². The summed E-state index contributed by atoms with van der Waals surface area (Å²) >= 11 is 11.0. The number of aromatic nitrogens is 1. The number of anilines is 1. The molecule has 3 nitrogen and oxygen atoms in total. The molecule has 7 heteroatoms. The molecule has 2 rings (SSSR count). The van der Waals surface area contributed by atoms with Crippen molar-refractivity contribution >= 4 is 34.7 Å². The van der Waals surface area contributed by atoms with E-state index in [1.54, 1.807) is 18.3 Å². The molecule has 1 aromatic heterocycles. The van der Waals surface area contributed by atoms with Gasteiger partial charge in [0, 0.05) is 18.3 Å². The first-order valence-corrected chi connectivity index (χ1v) is 6.95. The summed E-state index contributed by atoms with van der Waals surface area (Å²) < 4.78 is 26.9. The summed E-state index contributed by atoms with van der Waals surface area (Å²) in [6.07, 6.45) is 1.75. The summed E-state index contributed by atoms with van der Waals surface area (Å²) in [6.45, 7) is 0.286. The molecule has 2 aromatic rings. The van der Waals surface area contributed by atoms with Crippen molar-refractivity contribution in [3.8, 4) is 0 Å². The molecule has 0 radical (unpaired) electrons. The monoisotopic (exact) mass is 327 g/mol. The number of pyridine rings is 1. The molecule has 0 aliphatic carbocycles. The second-order valence-electron chi connectivity index (χ2n) is 4.16. The zero-order valence-corrected chi connectivity index (χ0v) is 12.4. The summed E-state index contributed by atoms with van der Waals surface area (Å²) in [7, 11) is 0. The fraction of sp³-hybridized carbons (Fsp3) is 0.143. The highest BCUT2D eigenvalue weighted by atomic mass is 35.5. The van der Waals surface area contributed by atoms with Crippen molar-refractivity contribution in [3.05, 3.63) is 58.7 Å². The van der Waals surface area contributed by atoms with Gasteiger partial charge in [-0.15, -0.1) is 0 Å². The predicted molar refractivity (Wildman–Crippen MR) is 83.5 cm³/mol. The summed E-state index contributed by atoms with van der Waals surface area (Å²) in [6, 6.07) is 7.15. The molecule has 0 aliphatic rings. The maximum absolute atomic E-state index is 13.4. The van der Waals surface area contributed by atoms with Crippen molar-refractivity contribution in [3.63, 3.8) is 0 Å². The Labute approximate surface area is 131 Å². The van der Waals surface area contributed by atoms with Crippen LogP contribution in [-0.4, -0.2) is 16.6 Å². The van der Waals surface area contributed by atoms with Gasteiger partial charge in [0.1, 0.15) is 11.6 Å². The van der Waals surface area contributed by atoms with Gasteiger partial charge >= 0.3 is 0 Å². The van der Waals surface area contributed by atoms with E-state index in [4.69, 9.17) is 23.8 Å². The minimum atomic E-state index is -0.566. The zero-order valence-electron chi connectivity index (χ0n) is 10.9. The molecular weight excluding hydrogens is 316 g/mol. The van der Waals surface area contributed by atoms with Crippen LogP contribution in [0.5, 0.6) is 0 Å². The number of thiocarbonyl (C=S) groups is 1. The number of nitrogens with one attached hydrogen (secondary N) is 2. The second kappa shape index (κ2) is 7.28. The van der Waals surface area contributed by atoms with Crippen LogP contribution >= 0.6 is 23.8 Å². The third-order valence-electron chi connectivity index (χ3n) is 2.71. The van der Waals surface area contributed by atoms with Gasteiger partial charge in [0.05, 0.1) is 5.02 Å². The highest BCUT2D eigenvalue weighted by Gasteiger charge is 2.08. The standard InChI is InChI=1S/C14H12ClF2N3S/c15-10-3-2-7-18-13(10)20-14(21)19-8-6-9-11(16)4-1-5-12(9)17/h1-5,7H,6,8H2,(H2,18,19,20,21). The molecule has 0 bridgehead atoms. The lowest BCUT2D eigenvalue weighted by Crippen LogP contribution is -2.30. The van der Waals surface area contributed by atoms with Crippen LogP contribution in [0.2, 0.25) is 5.02 Å². The van der Waals surface area contributed by atoms with Crippen LogP contribution in [-0.2, 0) is 6.42 Å². The molecule has 0 fully saturated rings. The molecule has 110 valence electrons. The Hall–Kier alpha value is -1.79. The van der Waals surface area contributed by atoms with Gasteiger partial charge in [0.25, 0.3) is 0 Å². The van der Waals surface area contributed by atoms with E-state index in [9.17, 15) is 8.78 Å². The molecule has 0 atom stereocenters. The Kier molecular flexibility index (Phi) is 5.41. The minimum absolute atomic E-state index is 0.0312. The first kappa shape index (κ1) is 15.6. The van der Waals surface area contributed by atoms with Crippen molar-refractivity contribution in [2.75, 3.05) is 11.9 Å². The predicted octanol–water partition coefficient (Wildman–Crippen LogP) is 3.54. The summed E-state index contributed by atoms with van der Waals surface area (Å²) in [5.74, 6) is -0.708. The van der Waals surface area contributed by atoms with Gasteiger partial charge in [-0.25, -0.2) is 13.8 Å². The highest BCUT2D eigenvalue weighted by molar-refractivity contribution is 7.80. The lowest BCUT2D eigenvalue weighted by Gasteiger charge is -2.11. The number of nitrogens with zero attached hydrogens (tertiary/aromatic N) is 1. The van der Waals surface area contributed by atoms with E-state index >= 15 is 0 Å². The maximum atomic E-state index is 13.4. The number of rotatable bonds is 4. The molecular formula is C14H12ClF2N3S. The molecule has 0 amide bonds. The first-order valence-electron chi connectivity index (χ1n) is 6.16. The molecule has 1 heterocycles. The van der Waals surface area contributed by atoms with Crippen LogP contribution in [0.1, 0.15) is 5.56 Å². The molecule has 2 N–H and O–H groups in total. The maximum Gasteiger partial charge on any atom is 0.171 e. The van der Waals surface area contributed by atoms with Gasteiger partial charge in [-0.3, -0.25) is 0 Å². The van der Waals surface area contributed by atoms with E-state index in [0.717, 1.165) is 0 Å². The average molecular weight is 328 g/mol. The quantitative estimate of drug-likeness (QED) is 0.842. The third kappa shape index (κ3) is 4.34. The second-order valence-corrected chi connectivity index (χ2v) is 4.98. The minimum Gasteiger partial charge on any atom is -0.362 e. The van der Waals surface area contributed by atoms with Gasteiger partial charge in [-0.1, -0.05) is 17.7 Å². The topological polar surface area (TPSA) is 37.0 Å². The van der Waals surface area contributed by atoms with Crippen molar-refractivity contribution in [2.45, 2.75) is 6.42 Å². The third-order valence-corrected chi connectivity index (χ3v) is 3.26. The van der Waals surface area contributed by atoms with E-state index in [-0.39, 0.29) is 23.6 Å². The Morgan fingerprint density at radius 2 is 1.90 bits per heavy atom. The van der Waals surface area contributed by atoms with Gasteiger partial charge < -0.3 is 10.6 Å². The lowest BCUT2D eigenvalue weighted by molar-refractivity contribution is 0.553. The molecule has 0 aliphatic heterocycles. The summed E-state index contributed by atoms with van der Waals surface area (Å²) in [5.41, 5.74) is 0.0312. The Morgan fingerprint density at radius 1 is 1.19 bits per heavy atom. The summed E-state index contributed by atoms with van der Waals surface area (Å²) in [4.78, 5) is 4.02. The number of hydrogen-bond acceptors (Lipinski definition) is 2. The molecule has 0 spiro atoms. The van der Waals surface area contributed by atoms with Crippen molar-refractivity contribution in [1.82, 2.24) is 10.3 Å². The fourth-order valence-electron chi connectivity index (χ4n) is 1.70. The Morgan fingerprint density at radius 3 is 2.57 bits per heavy atom. The summed E-state index contributed by atoms with van der Waals surface area (Å²) in [5, 5.41) is 6.38. The van der Waals surface area contributed by atoms with Crippen LogP contribution in [0.25, 0.3) is 0 Å². The van der Waals surface area contributed by atoms with E-state index in [1.807, 2.05) is 0 Å². The number of benzene rings is 1. The Balaban J connectivity index is 1.86. The van der Waals surface area contributed by atoms with Crippen molar-refractivity contribution < 1.29 is 8.78 Å². The fourth-order valence-corrected chi connectivity index (χ4v) is 2.07. The van der Waals surface area contributed by atoms with E-state index < -0.39 is 11.6 Å². The molecule has 1 aromatic carbocycles. The average Bonchev–Trinajstić information content (AvgIpc) is 2.45. The normalized spacial score (nSPS) is 10.2. The van der Waals surface area contributed by atoms with Gasteiger partial charge in [-0.05, 0) is 42.9 Å². The molecule has 0 saturated carbocycles. The lowest BCUT2D eigenvalue weighted by atomic mass is 10.1. The van der Waals surface area contributed by atoms with Crippen LogP contribution in [0, 0.1) is 11.6 Å². The molecule has 21 heavy (non-hydrogen) atoms. The molecule has 0 unspecified atom stereocenters. The van der Waals surface area contributed by atoms with Gasteiger partial charge in [-0.2, -0.15) is 0 Å². The number of hydrogen-bond donors (Lipinski definition) is 2.